The summed E-state index contributed by atoms with van der Waals surface area (Å²) in [6.07, 6.45) is 2.19. The van der Waals surface area contributed by atoms with Crippen molar-refractivity contribution in [3.63, 3.8) is 0 Å². The third-order valence-corrected chi connectivity index (χ3v) is 8.85. The standard InChI is InChI=1S/C39H54F2N6O6.2C2H6/c1-6-30(53-5)20-36(51)44-17-16-43-34(49)14-15-35(50)45-29(21-42)24-47(37(52)25-48)38(39(2,3)4)33-18-27(31-19-28(40)12-13-32(31)41)23-46(33)22-26-10-8-7-9-11-26;2*1-2/h7-13,18-19,23,29-30,38,48H,6,14-17,20-22,24-25,42H2,1-5H3,(H,43,49)(H,44,51)(H,45,50);2*1-2H3. The van der Waals surface area contributed by atoms with Crippen molar-refractivity contribution in [2.24, 2.45) is 11.1 Å². The van der Waals surface area contributed by atoms with Gasteiger partial charge in [0.2, 0.25) is 23.6 Å². The van der Waals surface area contributed by atoms with Crippen LogP contribution in [0, 0.1) is 17.0 Å². The van der Waals surface area contributed by atoms with E-state index in [1.807, 2.05) is 90.3 Å². The molecule has 3 unspecified atom stereocenters. The molecule has 0 aliphatic heterocycles. The van der Waals surface area contributed by atoms with Crippen LogP contribution in [0.15, 0.2) is 60.8 Å². The highest BCUT2D eigenvalue weighted by Gasteiger charge is 2.38. The second-order valence-corrected chi connectivity index (χ2v) is 14.0. The Hall–Kier alpha value is -4.66. The summed E-state index contributed by atoms with van der Waals surface area (Å²) in [5.41, 5.74) is 7.40. The van der Waals surface area contributed by atoms with Gasteiger partial charge in [0.15, 0.2) is 0 Å². The second kappa shape index (κ2) is 26.3. The fraction of sp³-hybridized carbons (Fsp3) is 0.535. The molecule has 1 heterocycles. The number of rotatable bonds is 20. The van der Waals surface area contributed by atoms with Crippen LogP contribution in [0.1, 0.15) is 98.4 Å². The van der Waals surface area contributed by atoms with Crippen molar-refractivity contribution in [1.29, 1.82) is 0 Å². The summed E-state index contributed by atoms with van der Waals surface area (Å²) >= 11 is 0. The van der Waals surface area contributed by atoms with Gasteiger partial charge in [-0.1, -0.05) is 85.7 Å². The first-order chi connectivity index (χ1) is 27.2. The molecule has 4 amide bonds. The van der Waals surface area contributed by atoms with Crippen molar-refractivity contribution >= 4 is 23.6 Å². The molecule has 3 aromatic rings. The number of aliphatic hydroxyl groups is 1. The van der Waals surface area contributed by atoms with Gasteiger partial charge in [-0.2, -0.15) is 0 Å². The number of aliphatic hydroxyl groups excluding tert-OH is 1. The highest BCUT2D eigenvalue weighted by atomic mass is 19.1. The van der Waals surface area contributed by atoms with E-state index in [-0.39, 0.29) is 68.9 Å². The quantitative estimate of drug-likeness (QED) is 0.0913. The van der Waals surface area contributed by atoms with Gasteiger partial charge in [0.05, 0.1) is 24.6 Å². The Morgan fingerprint density at radius 1 is 0.912 bits per heavy atom. The summed E-state index contributed by atoms with van der Waals surface area (Å²) in [4.78, 5) is 52.4. The summed E-state index contributed by atoms with van der Waals surface area (Å²) in [7, 11) is 1.55. The highest BCUT2D eigenvalue weighted by molar-refractivity contribution is 5.84. The predicted molar refractivity (Wildman–Crippen MR) is 221 cm³/mol. The molecule has 3 atom stereocenters. The third-order valence-electron chi connectivity index (χ3n) is 8.85. The number of aromatic nitrogens is 1. The highest BCUT2D eigenvalue weighted by Crippen LogP contribution is 2.41. The minimum Gasteiger partial charge on any atom is -0.387 e. The van der Waals surface area contributed by atoms with Crippen LogP contribution < -0.4 is 21.7 Å². The lowest BCUT2D eigenvalue weighted by Crippen LogP contribution is -2.53. The first-order valence-corrected chi connectivity index (χ1v) is 19.9. The van der Waals surface area contributed by atoms with Crippen LogP contribution in [0.5, 0.6) is 0 Å². The molecule has 57 heavy (non-hydrogen) atoms. The van der Waals surface area contributed by atoms with Crippen LogP contribution in [0.25, 0.3) is 11.1 Å². The largest absolute Gasteiger partial charge is 0.387 e. The van der Waals surface area contributed by atoms with Gasteiger partial charge in [0, 0.05) is 75.7 Å². The van der Waals surface area contributed by atoms with E-state index < -0.39 is 47.6 Å². The van der Waals surface area contributed by atoms with E-state index in [0.29, 0.717) is 24.2 Å². The number of nitrogens with two attached hydrogens (primary N) is 1. The molecule has 6 N–H and O–H groups in total. The third kappa shape index (κ3) is 16.8. The first kappa shape index (κ1) is 50.4. The number of ether oxygens (including phenoxy) is 1. The molecular weight excluding hydrogens is 735 g/mol. The molecule has 1 aromatic heterocycles. The number of nitrogens with one attached hydrogen (secondary N) is 3. The minimum absolute atomic E-state index is 0.0545. The number of methoxy groups -OCH3 is 1. The van der Waals surface area contributed by atoms with Crippen molar-refractivity contribution < 1.29 is 37.8 Å². The molecule has 0 saturated heterocycles. The van der Waals surface area contributed by atoms with E-state index >= 15 is 4.39 Å². The Morgan fingerprint density at radius 2 is 1.53 bits per heavy atom. The first-order valence-electron chi connectivity index (χ1n) is 19.9. The average molecular weight is 801 g/mol. The number of hydrogen-bond acceptors (Lipinski definition) is 7. The Kier molecular flexibility index (Phi) is 23.2. The van der Waals surface area contributed by atoms with Crippen molar-refractivity contribution in [2.45, 2.75) is 106 Å². The van der Waals surface area contributed by atoms with Crippen LogP contribution in [-0.4, -0.2) is 90.2 Å². The van der Waals surface area contributed by atoms with Crippen LogP contribution >= 0.6 is 0 Å². The molecule has 0 fully saturated rings. The number of carbonyl (C=O) groups excluding carboxylic acids is 4. The maximum atomic E-state index is 15.0. The van der Waals surface area contributed by atoms with Crippen LogP contribution in [0.4, 0.5) is 8.78 Å². The molecule has 0 aliphatic carbocycles. The molecule has 0 bridgehead atoms. The zero-order valence-corrected chi connectivity index (χ0v) is 35.3. The summed E-state index contributed by atoms with van der Waals surface area (Å²) < 4.78 is 36.4. The van der Waals surface area contributed by atoms with Crippen molar-refractivity contribution in [1.82, 2.24) is 25.4 Å². The number of carbonyl (C=O) groups is 4. The van der Waals surface area contributed by atoms with E-state index in [0.717, 1.165) is 23.8 Å². The fourth-order valence-electron chi connectivity index (χ4n) is 6.16. The maximum Gasteiger partial charge on any atom is 0.248 e. The molecule has 0 radical (unpaired) electrons. The number of amides is 4. The molecule has 0 saturated carbocycles. The zero-order chi connectivity index (χ0) is 43.1. The Labute approximate surface area is 337 Å². The molecule has 3 rings (SSSR count). The number of hydrogen-bond donors (Lipinski definition) is 5. The van der Waals surface area contributed by atoms with Gasteiger partial charge < -0.3 is 41.0 Å². The monoisotopic (exact) mass is 801 g/mol. The Bertz CT molecular complexity index is 1660. The fourth-order valence-corrected chi connectivity index (χ4v) is 6.16. The zero-order valence-electron chi connectivity index (χ0n) is 35.3. The van der Waals surface area contributed by atoms with E-state index in [1.54, 1.807) is 19.4 Å². The van der Waals surface area contributed by atoms with E-state index in [2.05, 4.69) is 16.0 Å². The normalized spacial score (nSPS) is 12.4. The van der Waals surface area contributed by atoms with Gasteiger partial charge in [0.25, 0.3) is 0 Å². The van der Waals surface area contributed by atoms with Crippen molar-refractivity contribution in [3.8, 4) is 11.1 Å². The van der Waals surface area contributed by atoms with Crippen molar-refractivity contribution in [2.75, 3.05) is 39.9 Å². The maximum absolute atomic E-state index is 15.0. The Morgan fingerprint density at radius 3 is 2.09 bits per heavy atom. The predicted octanol–water partition coefficient (Wildman–Crippen LogP) is 5.71. The molecular formula is C43H66F2N6O6. The number of benzene rings is 2. The van der Waals surface area contributed by atoms with Crippen LogP contribution in [0.2, 0.25) is 0 Å². The average Bonchev–Trinajstić information content (AvgIpc) is 3.61. The Balaban J connectivity index is 0.00000393. The lowest BCUT2D eigenvalue weighted by molar-refractivity contribution is -0.140. The molecule has 0 spiro atoms. The van der Waals surface area contributed by atoms with E-state index in [9.17, 15) is 28.7 Å². The number of nitrogens with zero attached hydrogens (tertiary/aromatic N) is 2. The van der Waals surface area contributed by atoms with E-state index in [1.165, 1.54) is 4.90 Å². The summed E-state index contributed by atoms with van der Waals surface area (Å²) in [6.45, 7) is 15.5. The van der Waals surface area contributed by atoms with Gasteiger partial charge in [-0.05, 0) is 41.7 Å². The smallest absolute Gasteiger partial charge is 0.248 e. The van der Waals surface area contributed by atoms with Crippen LogP contribution in [0.3, 0.4) is 0 Å². The lowest BCUT2D eigenvalue weighted by atomic mass is 9.82. The topological polar surface area (TPSA) is 168 Å². The SMILES string of the molecule is CC.CC.CCC(CC(=O)NCCNC(=O)CCC(=O)NC(CN)CN(C(=O)CO)C(c1cc(-c2cc(F)ccc2F)cn1Cc1ccccc1)C(C)(C)C)OC. The molecule has 2 aromatic carbocycles. The molecule has 0 aliphatic rings. The van der Waals surface area contributed by atoms with Gasteiger partial charge >= 0.3 is 0 Å². The van der Waals surface area contributed by atoms with Crippen molar-refractivity contribution in [3.05, 3.63) is 83.7 Å². The molecule has 318 valence electrons. The van der Waals surface area contributed by atoms with E-state index in [4.69, 9.17) is 10.5 Å². The second-order valence-electron chi connectivity index (χ2n) is 14.0. The molecule has 12 nitrogen and oxygen atoms in total. The summed E-state index contributed by atoms with van der Waals surface area (Å²) in [5.74, 6) is -2.87. The van der Waals surface area contributed by atoms with Gasteiger partial charge in [-0.15, -0.1) is 0 Å². The molecule has 14 heteroatoms. The van der Waals surface area contributed by atoms with Gasteiger partial charge in [0.1, 0.15) is 18.2 Å². The van der Waals surface area contributed by atoms with Crippen LogP contribution in [-0.2, 0) is 30.5 Å². The summed E-state index contributed by atoms with van der Waals surface area (Å²) in [6, 6.07) is 13.0. The number of halogens is 2. The summed E-state index contributed by atoms with van der Waals surface area (Å²) in [5, 5.41) is 18.3. The van der Waals surface area contributed by atoms with Gasteiger partial charge in [-0.3, -0.25) is 19.2 Å². The minimum atomic E-state index is -0.825. The van der Waals surface area contributed by atoms with Gasteiger partial charge in [-0.25, -0.2) is 8.78 Å². The lowest BCUT2D eigenvalue weighted by Gasteiger charge is -2.42.